The molecule has 2 aromatic carbocycles. The summed E-state index contributed by atoms with van der Waals surface area (Å²) in [5, 5.41) is 0. The Morgan fingerprint density at radius 2 is 1.70 bits per heavy atom. The molecule has 0 saturated heterocycles. The van der Waals surface area contributed by atoms with Gasteiger partial charge in [-0.3, -0.25) is 0 Å². The predicted molar refractivity (Wildman–Crippen MR) is 80.1 cm³/mol. The van der Waals surface area contributed by atoms with Crippen molar-refractivity contribution in [2.75, 3.05) is 0 Å². The molecule has 0 unspecified atom stereocenters. The van der Waals surface area contributed by atoms with E-state index in [9.17, 15) is 4.39 Å². The molecule has 0 atom stereocenters. The van der Waals surface area contributed by atoms with Crippen LogP contribution in [0.4, 0.5) is 4.39 Å². The molecule has 3 aromatic rings. The van der Waals surface area contributed by atoms with E-state index in [2.05, 4.69) is 6.07 Å². The van der Waals surface area contributed by atoms with E-state index in [-0.39, 0.29) is 5.82 Å². The maximum atomic E-state index is 12.9. The van der Waals surface area contributed by atoms with E-state index >= 15 is 0 Å². The second-order valence-corrected chi connectivity index (χ2v) is 5.41. The minimum absolute atomic E-state index is 0.199. The fraction of sp³-hybridized carbons (Fsp3) is 0.0588. The first kappa shape index (κ1) is 13.0. The van der Waals surface area contributed by atoms with Crippen molar-refractivity contribution >= 4 is 11.8 Å². The van der Waals surface area contributed by atoms with Crippen LogP contribution < -0.4 is 0 Å². The van der Waals surface area contributed by atoms with Gasteiger partial charge in [0.2, 0.25) is 0 Å². The van der Waals surface area contributed by atoms with Gasteiger partial charge in [-0.2, -0.15) is 0 Å². The Morgan fingerprint density at radius 1 is 0.900 bits per heavy atom. The van der Waals surface area contributed by atoms with E-state index in [0.717, 1.165) is 27.5 Å². The molecule has 0 bridgehead atoms. The molecule has 100 valence electrons. The summed E-state index contributed by atoms with van der Waals surface area (Å²) in [5.41, 5.74) is 2.19. The summed E-state index contributed by atoms with van der Waals surface area (Å²) in [6.45, 7) is 0. The quantitative estimate of drug-likeness (QED) is 0.597. The van der Waals surface area contributed by atoms with Crippen LogP contribution in [-0.4, -0.2) is 0 Å². The standard InChI is InChI=1S/C17H13FOS/c18-14-9-7-13(8-10-14)12-20-17-6-2-1-4-15(17)16-5-3-11-19-16/h1-11H,12H2. The summed E-state index contributed by atoms with van der Waals surface area (Å²) in [5.74, 6) is 1.47. The van der Waals surface area contributed by atoms with Gasteiger partial charge in [-0.05, 0) is 35.9 Å². The molecular weight excluding hydrogens is 271 g/mol. The average Bonchev–Trinajstić information content (AvgIpc) is 3.01. The van der Waals surface area contributed by atoms with Crippen molar-refractivity contribution in [3.8, 4) is 11.3 Å². The molecule has 0 amide bonds. The van der Waals surface area contributed by atoms with Gasteiger partial charge >= 0.3 is 0 Å². The average molecular weight is 284 g/mol. The van der Waals surface area contributed by atoms with Gasteiger partial charge in [0.25, 0.3) is 0 Å². The summed E-state index contributed by atoms with van der Waals surface area (Å²) < 4.78 is 18.3. The molecule has 0 aliphatic carbocycles. The lowest BCUT2D eigenvalue weighted by Gasteiger charge is -2.07. The SMILES string of the molecule is Fc1ccc(CSc2ccccc2-c2ccco2)cc1. The number of hydrogen-bond acceptors (Lipinski definition) is 2. The topological polar surface area (TPSA) is 13.1 Å². The fourth-order valence-corrected chi connectivity index (χ4v) is 2.98. The minimum atomic E-state index is -0.199. The van der Waals surface area contributed by atoms with Crippen molar-refractivity contribution in [2.24, 2.45) is 0 Å². The van der Waals surface area contributed by atoms with E-state index in [0.29, 0.717) is 0 Å². The third-order valence-electron chi connectivity index (χ3n) is 2.98. The molecule has 0 N–H and O–H groups in total. The van der Waals surface area contributed by atoms with Crippen molar-refractivity contribution < 1.29 is 8.81 Å². The highest BCUT2D eigenvalue weighted by Gasteiger charge is 2.07. The highest BCUT2D eigenvalue weighted by atomic mass is 32.2. The summed E-state index contributed by atoms with van der Waals surface area (Å²) >= 11 is 1.72. The van der Waals surface area contributed by atoms with E-state index in [1.807, 2.05) is 42.5 Å². The number of hydrogen-bond donors (Lipinski definition) is 0. The fourth-order valence-electron chi connectivity index (χ4n) is 1.97. The van der Waals surface area contributed by atoms with Crippen LogP contribution in [-0.2, 0) is 5.75 Å². The van der Waals surface area contributed by atoms with E-state index in [1.165, 1.54) is 12.1 Å². The van der Waals surface area contributed by atoms with Crippen molar-refractivity contribution in [3.05, 3.63) is 78.3 Å². The van der Waals surface area contributed by atoms with E-state index in [1.54, 1.807) is 18.0 Å². The number of thioether (sulfide) groups is 1. The maximum absolute atomic E-state index is 12.9. The van der Waals surface area contributed by atoms with Crippen LogP contribution in [0.25, 0.3) is 11.3 Å². The smallest absolute Gasteiger partial charge is 0.134 e. The van der Waals surface area contributed by atoms with Gasteiger partial charge in [-0.1, -0.05) is 30.3 Å². The Bertz CT molecular complexity index is 674. The number of halogens is 1. The van der Waals surface area contributed by atoms with Gasteiger partial charge in [-0.15, -0.1) is 11.8 Å². The Labute approximate surface area is 121 Å². The summed E-state index contributed by atoms with van der Waals surface area (Å²) in [7, 11) is 0. The molecule has 20 heavy (non-hydrogen) atoms. The highest BCUT2D eigenvalue weighted by molar-refractivity contribution is 7.98. The van der Waals surface area contributed by atoms with Gasteiger partial charge in [0.15, 0.2) is 0 Å². The minimum Gasteiger partial charge on any atom is -0.464 e. The Morgan fingerprint density at radius 3 is 2.45 bits per heavy atom. The van der Waals surface area contributed by atoms with Crippen LogP contribution in [0.2, 0.25) is 0 Å². The molecule has 3 rings (SSSR count). The van der Waals surface area contributed by atoms with Crippen LogP contribution >= 0.6 is 11.8 Å². The van der Waals surface area contributed by atoms with Crippen molar-refractivity contribution in [2.45, 2.75) is 10.6 Å². The molecular formula is C17H13FOS. The van der Waals surface area contributed by atoms with Gasteiger partial charge < -0.3 is 4.42 Å². The summed E-state index contributed by atoms with van der Waals surface area (Å²) in [6.07, 6.45) is 1.68. The third-order valence-corrected chi connectivity index (χ3v) is 4.13. The van der Waals surface area contributed by atoms with Crippen molar-refractivity contribution in [1.29, 1.82) is 0 Å². The van der Waals surface area contributed by atoms with Gasteiger partial charge in [-0.25, -0.2) is 4.39 Å². The normalized spacial score (nSPS) is 10.7. The zero-order valence-electron chi connectivity index (χ0n) is 10.8. The lowest BCUT2D eigenvalue weighted by molar-refractivity contribution is 0.581. The van der Waals surface area contributed by atoms with E-state index in [4.69, 9.17) is 4.42 Å². The molecule has 0 saturated carbocycles. The second-order valence-electron chi connectivity index (χ2n) is 4.39. The molecule has 0 fully saturated rings. The Kier molecular flexibility index (Phi) is 3.88. The molecule has 1 aromatic heterocycles. The lowest BCUT2D eigenvalue weighted by Crippen LogP contribution is -1.84. The van der Waals surface area contributed by atoms with Gasteiger partial charge in [0.05, 0.1) is 6.26 Å². The maximum Gasteiger partial charge on any atom is 0.134 e. The van der Waals surface area contributed by atoms with Crippen LogP contribution in [0.5, 0.6) is 0 Å². The molecule has 0 aliphatic heterocycles. The monoisotopic (exact) mass is 284 g/mol. The largest absolute Gasteiger partial charge is 0.464 e. The van der Waals surface area contributed by atoms with Crippen molar-refractivity contribution in [1.82, 2.24) is 0 Å². The molecule has 0 aliphatic rings. The predicted octanol–water partition coefficient (Wildman–Crippen LogP) is 5.38. The van der Waals surface area contributed by atoms with Crippen LogP contribution in [0.1, 0.15) is 5.56 Å². The summed E-state index contributed by atoms with van der Waals surface area (Å²) in [4.78, 5) is 1.16. The Balaban J connectivity index is 1.79. The lowest BCUT2D eigenvalue weighted by atomic mass is 10.2. The highest BCUT2D eigenvalue weighted by Crippen LogP contribution is 2.33. The Hall–Kier alpha value is -2.00. The number of furan rings is 1. The zero-order chi connectivity index (χ0) is 13.8. The zero-order valence-corrected chi connectivity index (χ0v) is 11.6. The molecule has 0 spiro atoms. The first-order chi connectivity index (χ1) is 9.83. The number of benzene rings is 2. The first-order valence-electron chi connectivity index (χ1n) is 6.33. The van der Waals surface area contributed by atoms with Crippen molar-refractivity contribution in [3.63, 3.8) is 0 Å². The second kappa shape index (κ2) is 5.97. The molecule has 1 nitrogen and oxygen atoms in total. The van der Waals surface area contributed by atoms with Gasteiger partial charge in [0, 0.05) is 16.2 Å². The molecule has 1 heterocycles. The van der Waals surface area contributed by atoms with Gasteiger partial charge in [0.1, 0.15) is 11.6 Å². The van der Waals surface area contributed by atoms with Crippen LogP contribution in [0.15, 0.2) is 76.2 Å². The van der Waals surface area contributed by atoms with Crippen LogP contribution in [0.3, 0.4) is 0 Å². The first-order valence-corrected chi connectivity index (χ1v) is 7.31. The third kappa shape index (κ3) is 2.94. The summed E-state index contributed by atoms with van der Waals surface area (Å²) in [6, 6.07) is 18.6. The van der Waals surface area contributed by atoms with E-state index < -0.39 is 0 Å². The van der Waals surface area contributed by atoms with Crippen LogP contribution in [0, 0.1) is 5.82 Å². The molecule has 0 radical (unpaired) electrons. The number of rotatable bonds is 4. The molecule has 3 heteroatoms.